The van der Waals surface area contributed by atoms with Crippen molar-refractivity contribution in [1.82, 2.24) is 10.1 Å². The minimum Gasteiger partial charge on any atom is -0.339 e. The highest BCUT2D eigenvalue weighted by atomic mass is 16.5. The molecule has 0 aliphatic carbocycles. The first-order valence-corrected chi connectivity index (χ1v) is 7.23. The minimum atomic E-state index is 0.00389. The summed E-state index contributed by atoms with van der Waals surface area (Å²) in [6.07, 6.45) is 1.76. The molecule has 1 heterocycles. The molecule has 5 nitrogen and oxygen atoms in total. The Bertz CT molecular complexity index is 605. The largest absolute Gasteiger partial charge is 0.339 e. The standard InChI is InChI=1S/C16H21N3O2/c1-11(2)16-18-15(21-19-16)9-5-8-14(20)17-13-7-4-6-12(3)10-13/h4,6-7,10-11H,5,8-9H2,1-3H3,(H,17,20). The predicted molar refractivity (Wildman–Crippen MR) is 81.1 cm³/mol. The molecule has 0 aliphatic heterocycles. The second-order valence-corrected chi connectivity index (χ2v) is 5.47. The van der Waals surface area contributed by atoms with Gasteiger partial charge in [0.1, 0.15) is 0 Å². The first-order chi connectivity index (χ1) is 10.0. The van der Waals surface area contributed by atoms with Crippen LogP contribution in [0.3, 0.4) is 0 Å². The van der Waals surface area contributed by atoms with Crippen molar-refractivity contribution in [3.05, 3.63) is 41.5 Å². The van der Waals surface area contributed by atoms with E-state index in [1.807, 2.05) is 45.0 Å². The Morgan fingerprint density at radius 2 is 2.19 bits per heavy atom. The molecule has 0 bridgehead atoms. The highest BCUT2D eigenvalue weighted by Crippen LogP contribution is 2.12. The molecule has 0 saturated heterocycles. The fourth-order valence-corrected chi connectivity index (χ4v) is 1.95. The molecule has 2 rings (SSSR count). The van der Waals surface area contributed by atoms with Crippen molar-refractivity contribution in [2.45, 2.75) is 46.0 Å². The van der Waals surface area contributed by atoms with Gasteiger partial charge in [-0.25, -0.2) is 0 Å². The summed E-state index contributed by atoms with van der Waals surface area (Å²) in [7, 11) is 0. The van der Waals surface area contributed by atoms with E-state index in [2.05, 4.69) is 15.5 Å². The second kappa shape index (κ2) is 7.02. The number of rotatable bonds is 6. The zero-order chi connectivity index (χ0) is 15.2. The topological polar surface area (TPSA) is 68.0 Å². The quantitative estimate of drug-likeness (QED) is 0.883. The van der Waals surface area contributed by atoms with Crippen molar-refractivity contribution in [1.29, 1.82) is 0 Å². The molecule has 0 fully saturated rings. The van der Waals surface area contributed by atoms with Gasteiger partial charge in [-0.1, -0.05) is 31.1 Å². The van der Waals surface area contributed by atoms with Crippen LogP contribution in [0.4, 0.5) is 5.69 Å². The lowest BCUT2D eigenvalue weighted by Gasteiger charge is -2.05. The maximum atomic E-state index is 11.8. The SMILES string of the molecule is Cc1cccc(NC(=O)CCCc2nc(C(C)C)no2)c1. The van der Waals surface area contributed by atoms with Crippen molar-refractivity contribution < 1.29 is 9.32 Å². The van der Waals surface area contributed by atoms with Gasteiger partial charge in [0, 0.05) is 24.4 Å². The predicted octanol–water partition coefficient (Wildman–Crippen LogP) is 3.46. The minimum absolute atomic E-state index is 0.00389. The summed E-state index contributed by atoms with van der Waals surface area (Å²) in [6, 6.07) is 7.76. The molecule has 0 radical (unpaired) electrons. The van der Waals surface area contributed by atoms with Crippen LogP contribution in [0.1, 0.15) is 49.9 Å². The summed E-state index contributed by atoms with van der Waals surface area (Å²) in [4.78, 5) is 16.1. The van der Waals surface area contributed by atoms with Crippen molar-refractivity contribution in [3.8, 4) is 0 Å². The Balaban J connectivity index is 1.76. The molecule has 21 heavy (non-hydrogen) atoms. The zero-order valence-corrected chi connectivity index (χ0v) is 12.7. The van der Waals surface area contributed by atoms with Gasteiger partial charge in [0.25, 0.3) is 0 Å². The molecular weight excluding hydrogens is 266 g/mol. The third-order valence-electron chi connectivity index (χ3n) is 3.10. The molecule has 0 saturated carbocycles. The fourth-order valence-electron chi connectivity index (χ4n) is 1.95. The van der Waals surface area contributed by atoms with Crippen LogP contribution in [-0.4, -0.2) is 16.0 Å². The third kappa shape index (κ3) is 4.70. The number of hydrogen-bond acceptors (Lipinski definition) is 4. The van der Waals surface area contributed by atoms with Crippen molar-refractivity contribution in [2.75, 3.05) is 5.32 Å². The summed E-state index contributed by atoms with van der Waals surface area (Å²) in [5.74, 6) is 1.58. The van der Waals surface area contributed by atoms with Crippen molar-refractivity contribution in [2.24, 2.45) is 0 Å². The average molecular weight is 287 g/mol. The Morgan fingerprint density at radius 3 is 2.86 bits per heavy atom. The summed E-state index contributed by atoms with van der Waals surface area (Å²) in [5, 5.41) is 6.79. The lowest BCUT2D eigenvalue weighted by molar-refractivity contribution is -0.116. The number of anilines is 1. The van der Waals surface area contributed by atoms with E-state index in [-0.39, 0.29) is 11.8 Å². The fraction of sp³-hybridized carbons (Fsp3) is 0.438. The molecule has 1 N–H and O–H groups in total. The molecule has 1 aromatic carbocycles. The van der Waals surface area contributed by atoms with E-state index in [0.717, 1.165) is 11.3 Å². The van der Waals surface area contributed by atoms with Crippen LogP contribution < -0.4 is 5.32 Å². The Hall–Kier alpha value is -2.17. The van der Waals surface area contributed by atoms with Crippen LogP contribution in [0.15, 0.2) is 28.8 Å². The number of benzene rings is 1. The first-order valence-electron chi connectivity index (χ1n) is 7.23. The van der Waals surface area contributed by atoms with E-state index >= 15 is 0 Å². The van der Waals surface area contributed by atoms with Gasteiger partial charge in [-0.15, -0.1) is 0 Å². The number of nitrogens with zero attached hydrogens (tertiary/aromatic N) is 2. The number of aromatic nitrogens is 2. The molecule has 1 amide bonds. The number of hydrogen-bond donors (Lipinski definition) is 1. The van der Waals surface area contributed by atoms with Crippen molar-refractivity contribution in [3.63, 3.8) is 0 Å². The van der Waals surface area contributed by atoms with Gasteiger partial charge in [0.05, 0.1) is 0 Å². The van der Waals surface area contributed by atoms with Crippen LogP contribution in [0, 0.1) is 6.92 Å². The highest BCUT2D eigenvalue weighted by Gasteiger charge is 2.10. The molecule has 0 atom stereocenters. The normalized spacial score (nSPS) is 10.9. The molecule has 5 heteroatoms. The van der Waals surface area contributed by atoms with Gasteiger partial charge < -0.3 is 9.84 Å². The van der Waals surface area contributed by atoms with Gasteiger partial charge in [0.15, 0.2) is 5.82 Å². The van der Waals surface area contributed by atoms with Crippen LogP contribution >= 0.6 is 0 Å². The van der Waals surface area contributed by atoms with Crippen molar-refractivity contribution >= 4 is 11.6 Å². The van der Waals surface area contributed by atoms with Crippen LogP contribution in [0.2, 0.25) is 0 Å². The Labute approximate surface area is 124 Å². The lowest BCUT2D eigenvalue weighted by Crippen LogP contribution is -2.11. The van der Waals surface area contributed by atoms with Gasteiger partial charge in [-0.2, -0.15) is 4.98 Å². The number of carbonyl (C=O) groups is 1. The molecule has 0 spiro atoms. The summed E-state index contributed by atoms with van der Waals surface area (Å²) in [5.41, 5.74) is 1.96. The van der Waals surface area contributed by atoms with E-state index in [1.54, 1.807) is 0 Å². The average Bonchev–Trinajstić information content (AvgIpc) is 2.87. The number of carbonyl (C=O) groups excluding carboxylic acids is 1. The molecule has 0 aliphatic rings. The molecule has 112 valence electrons. The van der Waals surface area contributed by atoms with Crippen LogP contribution in [-0.2, 0) is 11.2 Å². The van der Waals surface area contributed by atoms with E-state index in [4.69, 9.17) is 4.52 Å². The number of aryl methyl sites for hydroxylation is 2. The van der Waals surface area contributed by atoms with E-state index in [9.17, 15) is 4.79 Å². The second-order valence-electron chi connectivity index (χ2n) is 5.47. The Kier molecular flexibility index (Phi) is 5.09. The molecule has 0 unspecified atom stereocenters. The summed E-state index contributed by atoms with van der Waals surface area (Å²) in [6.45, 7) is 6.03. The molecular formula is C16H21N3O2. The van der Waals surface area contributed by atoms with Crippen LogP contribution in [0.5, 0.6) is 0 Å². The van der Waals surface area contributed by atoms with E-state index in [1.165, 1.54) is 0 Å². The third-order valence-corrected chi connectivity index (χ3v) is 3.10. The Morgan fingerprint density at radius 1 is 1.38 bits per heavy atom. The van der Waals surface area contributed by atoms with Gasteiger partial charge in [-0.3, -0.25) is 4.79 Å². The zero-order valence-electron chi connectivity index (χ0n) is 12.7. The molecule has 1 aromatic heterocycles. The summed E-state index contributed by atoms with van der Waals surface area (Å²) < 4.78 is 5.15. The number of amides is 1. The van der Waals surface area contributed by atoms with Crippen LogP contribution in [0.25, 0.3) is 0 Å². The monoisotopic (exact) mass is 287 g/mol. The number of nitrogens with one attached hydrogen (secondary N) is 1. The van der Waals surface area contributed by atoms with Gasteiger partial charge in [0.2, 0.25) is 11.8 Å². The molecule has 2 aromatic rings. The smallest absolute Gasteiger partial charge is 0.226 e. The lowest BCUT2D eigenvalue weighted by atomic mass is 10.2. The maximum Gasteiger partial charge on any atom is 0.226 e. The van der Waals surface area contributed by atoms with Gasteiger partial charge >= 0.3 is 0 Å². The van der Waals surface area contributed by atoms with E-state index in [0.29, 0.717) is 31.0 Å². The first kappa shape index (κ1) is 15.2. The van der Waals surface area contributed by atoms with E-state index < -0.39 is 0 Å². The summed E-state index contributed by atoms with van der Waals surface area (Å²) >= 11 is 0. The van der Waals surface area contributed by atoms with Gasteiger partial charge in [-0.05, 0) is 31.0 Å². The maximum absolute atomic E-state index is 11.8. The highest BCUT2D eigenvalue weighted by molar-refractivity contribution is 5.90.